The van der Waals surface area contributed by atoms with E-state index in [1.165, 1.54) is 11.1 Å². The molecule has 1 aromatic carbocycles. The van der Waals surface area contributed by atoms with Gasteiger partial charge in [-0.25, -0.2) is 9.97 Å². The van der Waals surface area contributed by atoms with Crippen LogP contribution in [0.25, 0.3) is 0 Å². The molecular formula is C17H22N4. The van der Waals surface area contributed by atoms with Gasteiger partial charge in [0.15, 0.2) is 0 Å². The van der Waals surface area contributed by atoms with Crippen LogP contribution in [0.4, 0.5) is 11.6 Å². The second-order valence-electron chi connectivity index (χ2n) is 5.39. The predicted molar refractivity (Wildman–Crippen MR) is 87.0 cm³/mol. The molecule has 1 N–H and O–H groups in total. The number of benzene rings is 1. The number of aromatic nitrogens is 2. The van der Waals surface area contributed by atoms with Gasteiger partial charge in [-0.05, 0) is 24.0 Å². The highest BCUT2D eigenvalue weighted by Gasteiger charge is 2.16. The Morgan fingerprint density at radius 2 is 1.76 bits per heavy atom. The third-order valence-corrected chi connectivity index (χ3v) is 4.08. The zero-order valence-corrected chi connectivity index (χ0v) is 12.8. The minimum Gasteiger partial charge on any atom is -0.373 e. The molecule has 0 radical (unpaired) electrons. The highest BCUT2D eigenvalue weighted by Crippen LogP contribution is 2.21. The zero-order valence-electron chi connectivity index (χ0n) is 12.8. The summed E-state index contributed by atoms with van der Waals surface area (Å²) < 4.78 is 0. The lowest BCUT2D eigenvalue weighted by Gasteiger charge is -2.22. The van der Waals surface area contributed by atoms with E-state index in [1.807, 2.05) is 7.05 Å². The van der Waals surface area contributed by atoms with Crippen molar-refractivity contribution in [2.24, 2.45) is 0 Å². The Morgan fingerprint density at radius 1 is 1.10 bits per heavy atom. The van der Waals surface area contributed by atoms with Crippen LogP contribution in [0.3, 0.4) is 0 Å². The van der Waals surface area contributed by atoms with Crippen molar-refractivity contribution in [2.75, 3.05) is 30.4 Å². The quantitative estimate of drug-likeness (QED) is 0.939. The van der Waals surface area contributed by atoms with Crippen molar-refractivity contribution in [1.29, 1.82) is 0 Å². The van der Waals surface area contributed by atoms with Crippen molar-refractivity contribution in [2.45, 2.75) is 26.2 Å². The van der Waals surface area contributed by atoms with Crippen LogP contribution in [0.15, 0.2) is 30.3 Å². The number of aryl methyl sites for hydroxylation is 1. The van der Waals surface area contributed by atoms with E-state index in [1.54, 1.807) is 0 Å². The fraction of sp³-hybridized carbons (Fsp3) is 0.412. The predicted octanol–water partition coefficient (Wildman–Crippen LogP) is 2.69. The first-order chi connectivity index (χ1) is 10.3. The van der Waals surface area contributed by atoms with Crippen molar-refractivity contribution in [3.8, 4) is 0 Å². The Kier molecular flexibility index (Phi) is 4.04. The van der Waals surface area contributed by atoms with Crippen LogP contribution in [0, 0.1) is 0 Å². The number of nitrogens with one attached hydrogen (secondary N) is 1. The third-order valence-electron chi connectivity index (χ3n) is 4.08. The van der Waals surface area contributed by atoms with Gasteiger partial charge < -0.3 is 10.2 Å². The molecule has 21 heavy (non-hydrogen) atoms. The highest BCUT2D eigenvalue weighted by molar-refractivity contribution is 5.50. The van der Waals surface area contributed by atoms with E-state index in [9.17, 15) is 0 Å². The molecule has 0 atom stereocenters. The van der Waals surface area contributed by atoms with Crippen LogP contribution < -0.4 is 10.2 Å². The van der Waals surface area contributed by atoms with Crippen molar-refractivity contribution in [3.05, 3.63) is 47.3 Å². The second-order valence-corrected chi connectivity index (χ2v) is 5.39. The normalized spacial score (nSPS) is 14.5. The Balaban J connectivity index is 1.85. The molecule has 4 heteroatoms. The maximum Gasteiger partial charge on any atom is 0.134 e. The number of nitrogens with zero attached hydrogens (tertiary/aromatic N) is 3. The molecule has 0 amide bonds. The van der Waals surface area contributed by atoms with E-state index in [0.29, 0.717) is 0 Å². The van der Waals surface area contributed by atoms with Crippen LogP contribution >= 0.6 is 0 Å². The Bertz CT molecular complexity index is 575. The summed E-state index contributed by atoms with van der Waals surface area (Å²) in [7, 11) is 1.91. The van der Waals surface area contributed by atoms with E-state index in [2.05, 4.69) is 52.5 Å². The summed E-state index contributed by atoms with van der Waals surface area (Å²) in [6, 6.07) is 10.8. The maximum absolute atomic E-state index is 4.70. The minimum absolute atomic E-state index is 0.858. The first kappa shape index (κ1) is 13.9. The van der Waals surface area contributed by atoms with E-state index in [0.717, 1.165) is 49.8 Å². The van der Waals surface area contributed by atoms with Crippen LogP contribution in [0.1, 0.15) is 23.9 Å². The lowest BCUT2D eigenvalue weighted by Crippen LogP contribution is -2.27. The minimum atomic E-state index is 0.858. The summed E-state index contributed by atoms with van der Waals surface area (Å²) in [5.74, 6) is 2.84. The van der Waals surface area contributed by atoms with Gasteiger partial charge in [0.1, 0.15) is 17.5 Å². The number of fused-ring (bicyclic) bond motifs is 1. The highest BCUT2D eigenvalue weighted by atomic mass is 15.2. The van der Waals surface area contributed by atoms with Crippen molar-refractivity contribution in [3.63, 3.8) is 0 Å². The Hall–Kier alpha value is -2.10. The first-order valence-electron chi connectivity index (χ1n) is 7.67. The fourth-order valence-electron chi connectivity index (χ4n) is 2.83. The topological polar surface area (TPSA) is 41.1 Å². The summed E-state index contributed by atoms with van der Waals surface area (Å²) >= 11 is 0. The van der Waals surface area contributed by atoms with E-state index in [4.69, 9.17) is 4.98 Å². The van der Waals surface area contributed by atoms with Crippen LogP contribution in [-0.4, -0.2) is 30.1 Å². The summed E-state index contributed by atoms with van der Waals surface area (Å²) in [6.45, 7) is 4.12. The standard InChI is InChI=1S/C17H22N4/c1-3-15-19-16(18-2)12-17(20-15)21-10-8-13-6-4-5-7-14(13)9-11-21/h4-7,12H,3,8-11H2,1-2H3,(H,18,19,20). The van der Waals surface area contributed by atoms with Gasteiger partial charge in [-0.15, -0.1) is 0 Å². The second kappa shape index (κ2) is 6.12. The molecule has 1 aliphatic rings. The molecule has 1 aromatic heterocycles. The van der Waals surface area contributed by atoms with Crippen LogP contribution in [0.2, 0.25) is 0 Å². The monoisotopic (exact) mass is 282 g/mol. The molecule has 110 valence electrons. The maximum atomic E-state index is 4.70. The molecule has 4 nitrogen and oxygen atoms in total. The van der Waals surface area contributed by atoms with Crippen LogP contribution in [0.5, 0.6) is 0 Å². The third kappa shape index (κ3) is 2.99. The number of hydrogen-bond acceptors (Lipinski definition) is 4. The van der Waals surface area contributed by atoms with Crippen LogP contribution in [-0.2, 0) is 19.3 Å². The van der Waals surface area contributed by atoms with Gasteiger partial charge in [-0.2, -0.15) is 0 Å². The largest absolute Gasteiger partial charge is 0.373 e. The van der Waals surface area contributed by atoms with Gasteiger partial charge >= 0.3 is 0 Å². The lowest BCUT2D eigenvalue weighted by molar-refractivity contribution is 0.779. The van der Waals surface area contributed by atoms with Gasteiger partial charge in [0.25, 0.3) is 0 Å². The molecule has 0 spiro atoms. The molecule has 0 saturated carbocycles. The smallest absolute Gasteiger partial charge is 0.134 e. The Morgan fingerprint density at radius 3 is 2.33 bits per heavy atom. The van der Waals surface area contributed by atoms with Gasteiger partial charge in [0, 0.05) is 32.6 Å². The molecule has 0 saturated heterocycles. The van der Waals surface area contributed by atoms with E-state index < -0.39 is 0 Å². The average molecular weight is 282 g/mol. The van der Waals surface area contributed by atoms with Gasteiger partial charge in [-0.3, -0.25) is 0 Å². The lowest BCUT2D eigenvalue weighted by atomic mass is 10.0. The molecule has 2 aromatic rings. The molecule has 0 bridgehead atoms. The van der Waals surface area contributed by atoms with Gasteiger partial charge in [-0.1, -0.05) is 31.2 Å². The van der Waals surface area contributed by atoms with E-state index >= 15 is 0 Å². The Labute approximate surface area is 126 Å². The fourth-order valence-corrected chi connectivity index (χ4v) is 2.83. The molecule has 0 aliphatic carbocycles. The number of hydrogen-bond donors (Lipinski definition) is 1. The first-order valence-corrected chi connectivity index (χ1v) is 7.67. The van der Waals surface area contributed by atoms with Crippen molar-refractivity contribution >= 4 is 11.6 Å². The number of anilines is 2. The van der Waals surface area contributed by atoms with Crippen molar-refractivity contribution in [1.82, 2.24) is 9.97 Å². The number of rotatable bonds is 3. The molecule has 1 aliphatic heterocycles. The van der Waals surface area contributed by atoms with Gasteiger partial charge in [0.05, 0.1) is 0 Å². The molecular weight excluding hydrogens is 260 g/mol. The molecule has 3 rings (SSSR count). The summed E-state index contributed by atoms with van der Waals surface area (Å²) in [6.07, 6.45) is 3.02. The summed E-state index contributed by atoms with van der Waals surface area (Å²) in [5.41, 5.74) is 2.94. The van der Waals surface area contributed by atoms with Crippen molar-refractivity contribution < 1.29 is 0 Å². The van der Waals surface area contributed by atoms with E-state index in [-0.39, 0.29) is 0 Å². The zero-order chi connectivity index (χ0) is 14.7. The summed E-state index contributed by atoms with van der Waals surface area (Å²) in [4.78, 5) is 11.6. The SMILES string of the molecule is CCc1nc(NC)cc(N2CCc3ccccc3CC2)n1. The summed E-state index contributed by atoms with van der Waals surface area (Å²) in [5, 5.41) is 3.14. The molecule has 2 heterocycles. The molecule has 0 fully saturated rings. The molecule has 0 unspecified atom stereocenters. The average Bonchev–Trinajstić information content (AvgIpc) is 2.77. The van der Waals surface area contributed by atoms with Gasteiger partial charge in [0.2, 0.25) is 0 Å².